The van der Waals surface area contributed by atoms with Crippen molar-refractivity contribution >= 4 is 5.97 Å². The third-order valence-corrected chi connectivity index (χ3v) is 3.94. The lowest BCUT2D eigenvalue weighted by molar-refractivity contribution is -0.137. The second-order valence-corrected chi connectivity index (χ2v) is 5.97. The Kier molecular flexibility index (Phi) is 3.96. The fourth-order valence-corrected chi connectivity index (χ4v) is 2.54. The normalized spacial score (nSPS) is 13.9. The van der Waals surface area contributed by atoms with Crippen LogP contribution in [0.1, 0.15) is 36.3 Å². The molecule has 9 nitrogen and oxygen atoms in total. The van der Waals surface area contributed by atoms with Gasteiger partial charge < -0.3 is 9.63 Å². The molecule has 128 valence electrons. The highest BCUT2D eigenvalue weighted by Gasteiger charge is 2.29. The molecule has 3 aromatic heterocycles. The molecule has 0 aliphatic heterocycles. The molecule has 0 unspecified atom stereocenters. The number of rotatable bonds is 7. The lowest BCUT2D eigenvalue weighted by Gasteiger charge is -2.00. The minimum absolute atomic E-state index is 0.195. The van der Waals surface area contributed by atoms with Gasteiger partial charge in [0.25, 0.3) is 0 Å². The standard InChI is InChI=1S/C16H16N6O3/c23-14(24)9-22-12(18-15(20-22)10-3-4-10)5-6-13-19-16(21-25-13)11-2-1-7-17-8-11/h1-2,7-8,10H,3-6,9H2,(H,23,24). The van der Waals surface area contributed by atoms with E-state index in [0.29, 0.717) is 36.3 Å². The summed E-state index contributed by atoms with van der Waals surface area (Å²) in [5.41, 5.74) is 0.780. The van der Waals surface area contributed by atoms with Gasteiger partial charge in [0.2, 0.25) is 11.7 Å². The minimum atomic E-state index is -0.940. The summed E-state index contributed by atoms with van der Waals surface area (Å²) in [7, 11) is 0. The maximum Gasteiger partial charge on any atom is 0.325 e. The number of hydrogen-bond acceptors (Lipinski definition) is 7. The number of pyridine rings is 1. The predicted molar refractivity (Wildman–Crippen MR) is 84.6 cm³/mol. The van der Waals surface area contributed by atoms with Gasteiger partial charge in [-0.2, -0.15) is 10.1 Å². The van der Waals surface area contributed by atoms with Gasteiger partial charge in [-0.15, -0.1) is 0 Å². The summed E-state index contributed by atoms with van der Waals surface area (Å²) in [5.74, 6) is 1.74. The Balaban J connectivity index is 1.47. The third kappa shape index (κ3) is 3.54. The number of hydrogen-bond donors (Lipinski definition) is 1. The van der Waals surface area contributed by atoms with Gasteiger partial charge in [-0.25, -0.2) is 9.67 Å². The highest BCUT2D eigenvalue weighted by molar-refractivity contribution is 5.66. The van der Waals surface area contributed by atoms with E-state index in [1.165, 1.54) is 4.68 Å². The molecule has 0 atom stereocenters. The first-order valence-corrected chi connectivity index (χ1v) is 8.07. The number of aryl methyl sites for hydroxylation is 2. The van der Waals surface area contributed by atoms with Crippen LogP contribution in [0.3, 0.4) is 0 Å². The van der Waals surface area contributed by atoms with E-state index in [-0.39, 0.29) is 6.54 Å². The summed E-state index contributed by atoms with van der Waals surface area (Å²) >= 11 is 0. The summed E-state index contributed by atoms with van der Waals surface area (Å²) in [6.45, 7) is -0.195. The zero-order chi connectivity index (χ0) is 17.2. The van der Waals surface area contributed by atoms with Gasteiger partial charge in [0, 0.05) is 36.7 Å². The molecule has 0 amide bonds. The first-order chi connectivity index (χ1) is 12.2. The van der Waals surface area contributed by atoms with Crippen molar-refractivity contribution < 1.29 is 14.4 Å². The Hall–Kier alpha value is -3.10. The third-order valence-electron chi connectivity index (χ3n) is 3.94. The smallest absolute Gasteiger partial charge is 0.325 e. The van der Waals surface area contributed by atoms with E-state index >= 15 is 0 Å². The largest absolute Gasteiger partial charge is 0.480 e. The van der Waals surface area contributed by atoms with E-state index < -0.39 is 5.97 Å². The highest BCUT2D eigenvalue weighted by atomic mass is 16.5. The van der Waals surface area contributed by atoms with E-state index in [1.54, 1.807) is 18.5 Å². The maximum absolute atomic E-state index is 11.0. The van der Waals surface area contributed by atoms with Crippen molar-refractivity contribution in [2.45, 2.75) is 38.1 Å². The molecule has 1 saturated carbocycles. The summed E-state index contributed by atoms with van der Waals surface area (Å²) < 4.78 is 6.72. The molecular weight excluding hydrogens is 324 g/mol. The molecule has 0 bridgehead atoms. The van der Waals surface area contributed by atoms with Gasteiger partial charge in [0.05, 0.1) is 0 Å². The fraction of sp³-hybridized carbons (Fsp3) is 0.375. The number of aromatic nitrogens is 6. The zero-order valence-corrected chi connectivity index (χ0v) is 13.4. The van der Waals surface area contributed by atoms with Crippen LogP contribution in [0.2, 0.25) is 0 Å². The van der Waals surface area contributed by atoms with Crippen molar-refractivity contribution in [3.63, 3.8) is 0 Å². The van der Waals surface area contributed by atoms with Crippen LogP contribution in [0.5, 0.6) is 0 Å². The van der Waals surface area contributed by atoms with E-state index in [0.717, 1.165) is 24.2 Å². The van der Waals surface area contributed by atoms with Crippen molar-refractivity contribution in [2.24, 2.45) is 0 Å². The molecule has 1 aliphatic rings. The van der Waals surface area contributed by atoms with Crippen LogP contribution < -0.4 is 0 Å². The molecule has 1 N–H and O–H groups in total. The Morgan fingerprint density at radius 1 is 1.32 bits per heavy atom. The van der Waals surface area contributed by atoms with E-state index in [2.05, 4.69) is 25.2 Å². The van der Waals surface area contributed by atoms with Crippen LogP contribution >= 0.6 is 0 Å². The SMILES string of the molecule is O=C(O)Cn1nc(C2CC2)nc1CCc1nc(-c2cccnc2)no1. The average Bonchev–Trinajstić information content (AvgIpc) is 3.22. The van der Waals surface area contributed by atoms with Crippen molar-refractivity contribution in [1.29, 1.82) is 0 Å². The zero-order valence-electron chi connectivity index (χ0n) is 13.4. The van der Waals surface area contributed by atoms with Crippen LogP contribution in [0.4, 0.5) is 0 Å². The van der Waals surface area contributed by atoms with Gasteiger partial charge in [0.1, 0.15) is 12.4 Å². The molecule has 1 aliphatic carbocycles. The van der Waals surface area contributed by atoms with Crippen molar-refractivity contribution in [3.05, 3.63) is 42.1 Å². The number of carboxylic acids is 1. The number of aliphatic carboxylic acids is 1. The molecule has 0 saturated heterocycles. The van der Waals surface area contributed by atoms with Crippen LogP contribution in [0.25, 0.3) is 11.4 Å². The average molecular weight is 340 g/mol. The van der Waals surface area contributed by atoms with Gasteiger partial charge in [0.15, 0.2) is 5.82 Å². The minimum Gasteiger partial charge on any atom is -0.480 e. The van der Waals surface area contributed by atoms with Crippen molar-refractivity contribution in [1.82, 2.24) is 29.9 Å². The van der Waals surface area contributed by atoms with Crippen LogP contribution in [0.15, 0.2) is 29.0 Å². The fourth-order valence-electron chi connectivity index (χ4n) is 2.54. The molecule has 4 rings (SSSR count). The first-order valence-electron chi connectivity index (χ1n) is 8.07. The topological polar surface area (TPSA) is 120 Å². The lowest BCUT2D eigenvalue weighted by Crippen LogP contribution is -2.14. The summed E-state index contributed by atoms with van der Waals surface area (Å²) in [4.78, 5) is 23.9. The summed E-state index contributed by atoms with van der Waals surface area (Å²) in [6.07, 6.45) is 6.43. The molecule has 0 spiro atoms. The number of carbonyl (C=O) groups is 1. The highest BCUT2D eigenvalue weighted by Crippen LogP contribution is 2.38. The van der Waals surface area contributed by atoms with Crippen LogP contribution in [-0.2, 0) is 24.2 Å². The van der Waals surface area contributed by atoms with E-state index in [1.807, 2.05) is 6.07 Å². The van der Waals surface area contributed by atoms with E-state index in [9.17, 15) is 4.79 Å². The number of nitrogens with zero attached hydrogens (tertiary/aromatic N) is 6. The second-order valence-electron chi connectivity index (χ2n) is 5.97. The molecule has 9 heteroatoms. The Morgan fingerprint density at radius 3 is 2.92 bits per heavy atom. The second kappa shape index (κ2) is 6.42. The van der Waals surface area contributed by atoms with Gasteiger partial charge in [-0.05, 0) is 25.0 Å². The van der Waals surface area contributed by atoms with Gasteiger partial charge in [-0.3, -0.25) is 9.78 Å². The monoisotopic (exact) mass is 340 g/mol. The molecule has 0 aromatic carbocycles. The summed E-state index contributed by atoms with van der Waals surface area (Å²) in [6, 6.07) is 3.66. The molecule has 25 heavy (non-hydrogen) atoms. The maximum atomic E-state index is 11.0. The van der Waals surface area contributed by atoms with Crippen molar-refractivity contribution in [3.8, 4) is 11.4 Å². The van der Waals surface area contributed by atoms with Gasteiger partial charge in [-0.1, -0.05) is 5.16 Å². The molecule has 0 radical (unpaired) electrons. The predicted octanol–water partition coefficient (Wildman–Crippen LogP) is 1.47. The van der Waals surface area contributed by atoms with E-state index in [4.69, 9.17) is 9.63 Å². The van der Waals surface area contributed by atoms with Crippen molar-refractivity contribution in [2.75, 3.05) is 0 Å². The quantitative estimate of drug-likeness (QED) is 0.686. The molecular formula is C16H16N6O3. The molecule has 3 aromatic rings. The lowest BCUT2D eigenvalue weighted by atomic mass is 10.2. The summed E-state index contributed by atoms with van der Waals surface area (Å²) in [5, 5.41) is 17.3. The Morgan fingerprint density at radius 2 is 2.20 bits per heavy atom. The first kappa shape index (κ1) is 15.4. The number of carboxylic acid groups (broad SMARTS) is 1. The molecule has 3 heterocycles. The van der Waals surface area contributed by atoms with Gasteiger partial charge >= 0.3 is 5.97 Å². The van der Waals surface area contributed by atoms with Crippen LogP contribution in [-0.4, -0.2) is 41.0 Å². The Labute approximate surface area is 142 Å². The Bertz CT molecular complexity index is 884. The van der Waals surface area contributed by atoms with Crippen LogP contribution in [0, 0.1) is 0 Å². The molecule has 1 fully saturated rings.